The Morgan fingerprint density at radius 1 is 0.861 bits per heavy atom. The van der Waals surface area contributed by atoms with E-state index in [2.05, 4.69) is 13.5 Å². The molecule has 0 aromatic rings. The lowest BCUT2D eigenvalue weighted by Gasteiger charge is -2.39. The molecule has 0 aliphatic carbocycles. The smallest absolute Gasteiger partial charge is 0.146 e. The van der Waals surface area contributed by atoms with E-state index in [0.717, 1.165) is 32.1 Å². The second-order valence-corrected chi connectivity index (χ2v) is 10.4. The van der Waals surface area contributed by atoms with Gasteiger partial charge < -0.3 is 28.8 Å². The van der Waals surface area contributed by atoms with Gasteiger partial charge in [0.15, 0.2) is 0 Å². The lowest BCUT2D eigenvalue weighted by Crippen LogP contribution is -2.46. The summed E-state index contributed by atoms with van der Waals surface area (Å²) in [6.07, 6.45) is 22.3. The first-order valence-corrected chi connectivity index (χ1v) is 14.8. The molecule has 0 unspecified atom stereocenters. The number of hydrogen-bond acceptors (Lipinski definition) is 6. The van der Waals surface area contributed by atoms with Gasteiger partial charge in [-0.3, -0.25) is 0 Å². The van der Waals surface area contributed by atoms with Crippen molar-refractivity contribution < 1.29 is 28.8 Å². The number of ether oxygens (including phenoxy) is 5. The van der Waals surface area contributed by atoms with Crippen LogP contribution in [0.5, 0.6) is 0 Å². The molecule has 214 valence electrons. The molecule has 1 saturated heterocycles. The van der Waals surface area contributed by atoms with Crippen LogP contribution in [0.2, 0.25) is 0 Å². The number of aliphatic hydroxyl groups excluding tert-OH is 1. The Labute approximate surface area is 222 Å². The summed E-state index contributed by atoms with van der Waals surface area (Å²) in [5, 5.41) is 10.2. The highest BCUT2D eigenvalue weighted by Crippen LogP contribution is 2.30. The topological polar surface area (TPSA) is 66.4 Å². The number of rotatable bonds is 25. The average Bonchev–Trinajstić information content (AvgIpc) is 2.88. The first kappa shape index (κ1) is 33.5. The van der Waals surface area contributed by atoms with Crippen LogP contribution in [-0.4, -0.2) is 63.4 Å². The standard InChI is InChI=1S/C30H58O6/c1-5-7-8-9-10-11-12-13-14-15-16-17-19-29-28(35-25-33-4)22-23-30(36-29)27(34-24-32-3)21-20-26(31)18-6-2/h6,26-31H,2,5,7-25H2,1,3-4H3/t26-,27-,28-,29-,30-/m1/s1. The Hall–Kier alpha value is -0.500. The van der Waals surface area contributed by atoms with Gasteiger partial charge in [-0.2, -0.15) is 0 Å². The summed E-state index contributed by atoms with van der Waals surface area (Å²) in [7, 11) is 3.30. The molecule has 0 radical (unpaired) electrons. The van der Waals surface area contributed by atoms with E-state index in [1.165, 1.54) is 70.6 Å². The summed E-state index contributed by atoms with van der Waals surface area (Å²) < 4.78 is 28.9. The summed E-state index contributed by atoms with van der Waals surface area (Å²) >= 11 is 0. The van der Waals surface area contributed by atoms with E-state index in [1.54, 1.807) is 20.3 Å². The molecular weight excluding hydrogens is 456 g/mol. The van der Waals surface area contributed by atoms with E-state index < -0.39 is 6.10 Å². The zero-order chi connectivity index (χ0) is 26.3. The van der Waals surface area contributed by atoms with Crippen molar-refractivity contribution in [1.82, 2.24) is 0 Å². The van der Waals surface area contributed by atoms with Gasteiger partial charge in [0.25, 0.3) is 0 Å². The largest absolute Gasteiger partial charge is 0.393 e. The highest BCUT2D eigenvalue weighted by atomic mass is 16.7. The molecule has 1 N–H and O–H groups in total. The van der Waals surface area contributed by atoms with Gasteiger partial charge in [0.05, 0.1) is 30.5 Å². The first-order chi connectivity index (χ1) is 17.7. The maximum atomic E-state index is 10.2. The number of aliphatic hydroxyl groups is 1. The van der Waals surface area contributed by atoms with Crippen LogP contribution in [0.25, 0.3) is 0 Å². The second-order valence-electron chi connectivity index (χ2n) is 10.4. The molecular formula is C30H58O6. The Morgan fingerprint density at radius 2 is 1.47 bits per heavy atom. The van der Waals surface area contributed by atoms with Crippen LogP contribution in [0.3, 0.4) is 0 Å². The zero-order valence-electron chi connectivity index (χ0n) is 23.8. The van der Waals surface area contributed by atoms with Crippen LogP contribution in [0.1, 0.15) is 122 Å². The molecule has 0 amide bonds. The normalized spacial score (nSPS) is 21.9. The number of hydrogen-bond donors (Lipinski definition) is 1. The third-order valence-electron chi connectivity index (χ3n) is 7.28. The fraction of sp³-hybridized carbons (Fsp3) is 0.933. The fourth-order valence-corrected chi connectivity index (χ4v) is 5.15. The van der Waals surface area contributed by atoms with Crippen LogP contribution in [-0.2, 0) is 23.7 Å². The summed E-state index contributed by atoms with van der Waals surface area (Å²) in [5.74, 6) is 0. The number of unbranched alkanes of at least 4 members (excludes halogenated alkanes) is 11. The Kier molecular flexibility index (Phi) is 22.0. The van der Waals surface area contributed by atoms with E-state index in [9.17, 15) is 5.11 Å². The van der Waals surface area contributed by atoms with E-state index in [4.69, 9.17) is 23.7 Å². The number of methoxy groups -OCH3 is 2. The minimum atomic E-state index is -0.394. The van der Waals surface area contributed by atoms with Crippen molar-refractivity contribution in [3.8, 4) is 0 Å². The first-order valence-electron chi connectivity index (χ1n) is 14.8. The van der Waals surface area contributed by atoms with Gasteiger partial charge in [0.1, 0.15) is 13.6 Å². The zero-order valence-corrected chi connectivity index (χ0v) is 23.8. The van der Waals surface area contributed by atoms with Crippen molar-refractivity contribution in [1.29, 1.82) is 0 Å². The SMILES string of the molecule is C=CC[C@@H](O)CC[C@@H](OCOC)[C@H]1CC[C@@H](OCOC)[C@@H](CCCCCCCCCCCCCC)O1. The van der Waals surface area contributed by atoms with Crippen LogP contribution in [0, 0.1) is 0 Å². The van der Waals surface area contributed by atoms with E-state index >= 15 is 0 Å². The molecule has 1 heterocycles. The lowest BCUT2D eigenvalue weighted by atomic mass is 9.92. The maximum absolute atomic E-state index is 10.2. The summed E-state index contributed by atoms with van der Waals surface area (Å²) in [6, 6.07) is 0. The molecule has 1 aliphatic rings. The summed E-state index contributed by atoms with van der Waals surface area (Å²) in [6.45, 7) is 6.53. The van der Waals surface area contributed by atoms with Crippen LogP contribution in [0.15, 0.2) is 12.7 Å². The predicted molar refractivity (Wildman–Crippen MR) is 147 cm³/mol. The van der Waals surface area contributed by atoms with Crippen molar-refractivity contribution in [3.05, 3.63) is 12.7 Å². The van der Waals surface area contributed by atoms with E-state index in [1.807, 2.05) is 0 Å². The predicted octanol–water partition coefficient (Wildman–Crippen LogP) is 7.32. The van der Waals surface area contributed by atoms with Crippen molar-refractivity contribution >= 4 is 0 Å². The molecule has 6 nitrogen and oxygen atoms in total. The molecule has 0 aromatic carbocycles. The van der Waals surface area contributed by atoms with E-state index in [0.29, 0.717) is 19.6 Å². The van der Waals surface area contributed by atoms with Crippen molar-refractivity contribution in [2.24, 2.45) is 0 Å². The third kappa shape index (κ3) is 16.4. The Morgan fingerprint density at radius 3 is 2.06 bits per heavy atom. The summed E-state index contributed by atoms with van der Waals surface area (Å²) in [5.41, 5.74) is 0. The Bertz CT molecular complexity index is 488. The third-order valence-corrected chi connectivity index (χ3v) is 7.28. The monoisotopic (exact) mass is 514 g/mol. The molecule has 1 aliphatic heterocycles. The van der Waals surface area contributed by atoms with Crippen LogP contribution >= 0.6 is 0 Å². The van der Waals surface area contributed by atoms with Gasteiger partial charge in [-0.25, -0.2) is 0 Å². The van der Waals surface area contributed by atoms with Crippen LogP contribution in [0.4, 0.5) is 0 Å². The Balaban J connectivity index is 2.40. The average molecular weight is 515 g/mol. The molecule has 1 rings (SSSR count). The van der Waals surface area contributed by atoms with Gasteiger partial charge in [0.2, 0.25) is 0 Å². The highest BCUT2D eigenvalue weighted by molar-refractivity contribution is 4.85. The molecule has 0 bridgehead atoms. The van der Waals surface area contributed by atoms with Gasteiger partial charge >= 0.3 is 0 Å². The second kappa shape index (κ2) is 23.6. The fourth-order valence-electron chi connectivity index (χ4n) is 5.15. The summed E-state index contributed by atoms with van der Waals surface area (Å²) in [4.78, 5) is 0. The lowest BCUT2D eigenvalue weighted by molar-refractivity contribution is -0.209. The highest BCUT2D eigenvalue weighted by Gasteiger charge is 2.36. The minimum Gasteiger partial charge on any atom is -0.393 e. The maximum Gasteiger partial charge on any atom is 0.146 e. The van der Waals surface area contributed by atoms with Gasteiger partial charge in [0, 0.05) is 14.2 Å². The van der Waals surface area contributed by atoms with Crippen LogP contribution < -0.4 is 0 Å². The molecule has 0 saturated carbocycles. The molecule has 36 heavy (non-hydrogen) atoms. The molecule has 0 aromatic heterocycles. The molecule has 6 heteroatoms. The van der Waals surface area contributed by atoms with Gasteiger partial charge in [-0.15, -0.1) is 6.58 Å². The molecule has 1 fully saturated rings. The minimum absolute atomic E-state index is 0.0131. The quantitative estimate of drug-likeness (QED) is 0.0782. The van der Waals surface area contributed by atoms with Gasteiger partial charge in [-0.1, -0.05) is 90.0 Å². The van der Waals surface area contributed by atoms with E-state index in [-0.39, 0.29) is 31.2 Å². The van der Waals surface area contributed by atoms with Gasteiger partial charge in [-0.05, 0) is 38.5 Å². The molecule has 5 atom stereocenters. The van der Waals surface area contributed by atoms with Crippen molar-refractivity contribution in [2.75, 3.05) is 27.8 Å². The van der Waals surface area contributed by atoms with Crippen molar-refractivity contribution in [3.63, 3.8) is 0 Å². The van der Waals surface area contributed by atoms with Crippen molar-refractivity contribution in [2.45, 2.75) is 153 Å². The molecule has 0 spiro atoms.